The molecule has 2 aliphatic heterocycles. The van der Waals surface area contributed by atoms with Crippen molar-refractivity contribution in [1.29, 1.82) is 0 Å². The third-order valence-electron chi connectivity index (χ3n) is 7.24. The zero-order chi connectivity index (χ0) is 29.1. The van der Waals surface area contributed by atoms with E-state index in [1.807, 2.05) is 18.3 Å². The van der Waals surface area contributed by atoms with Crippen LogP contribution in [-0.4, -0.2) is 57.7 Å². The molecule has 10 heteroatoms. The lowest BCUT2D eigenvalue weighted by molar-refractivity contribution is -0.196. The molecule has 0 saturated carbocycles. The van der Waals surface area contributed by atoms with Crippen LogP contribution in [0, 0.1) is 0 Å². The molecule has 1 unspecified atom stereocenters. The first-order chi connectivity index (χ1) is 18.5. The maximum atomic E-state index is 12.7. The van der Waals surface area contributed by atoms with Crippen molar-refractivity contribution in [2.75, 3.05) is 19.6 Å². The highest BCUT2D eigenvalue weighted by molar-refractivity contribution is 6.58. The van der Waals surface area contributed by atoms with E-state index >= 15 is 0 Å². The smallest absolute Gasteiger partial charge is 0.344 e. The lowest BCUT2D eigenvalue weighted by Crippen LogP contribution is -2.56. The van der Waals surface area contributed by atoms with E-state index in [0.29, 0.717) is 25.3 Å². The summed E-state index contributed by atoms with van der Waals surface area (Å²) in [5.74, 6) is 6.47. The van der Waals surface area contributed by atoms with Crippen molar-refractivity contribution in [3.63, 3.8) is 0 Å². The van der Waals surface area contributed by atoms with Crippen molar-refractivity contribution in [3.8, 4) is 5.75 Å². The van der Waals surface area contributed by atoms with E-state index in [-0.39, 0.29) is 8.80 Å². The van der Waals surface area contributed by atoms with Gasteiger partial charge in [-0.3, -0.25) is 4.84 Å². The Morgan fingerprint density at radius 1 is 1.21 bits per heavy atom. The van der Waals surface area contributed by atoms with Crippen molar-refractivity contribution < 1.29 is 19.1 Å². The topological polar surface area (TPSA) is 133 Å². The number of carbonyl (C=O) groups excluding carboxylic acids is 1. The quantitative estimate of drug-likeness (QED) is 0.146. The number of nitrogens with zero attached hydrogens (tertiary/aromatic N) is 1. The first-order valence-electron chi connectivity index (χ1n) is 14.4. The number of ether oxygens (including phenoxy) is 2. The number of carbonyl (C=O) groups is 1. The largest absolute Gasteiger partial charge is 0.486 e. The van der Waals surface area contributed by atoms with E-state index in [4.69, 9.17) is 25.9 Å². The molecular weight excluding hydrogens is 510 g/mol. The van der Waals surface area contributed by atoms with Crippen molar-refractivity contribution in [1.82, 2.24) is 10.6 Å². The fraction of sp³-hybridized carbons (Fsp3) is 0.655. The van der Waals surface area contributed by atoms with Gasteiger partial charge in [0.25, 0.3) is 0 Å². The Morgan fingerprint density at radius 3 is 2.41 bits per heavy atom. The maximum Gasteiger partial charge on any atom is 0.344 e. The van der Waals surface area contributed by atoms with Crippen LogP contribution in [0.5, 0.6) is 5.75 Å². The van der Waals surface area contributed by atoms with Crippen LogP contribution >= 0.6 is 0 Å². The molecule has 9 nitrogen and oxygen atoms in total. The van der Waals surface area contributed by atoms with Gasteiger partial charge in [-0.1, -0.05) is 45.0 Å². The monoisotopic (exact) mass is 561 g/mol. The molecule has 0 aromatic heterocycles. The number of nitrogens with one attached hydrogen (secondary N) is 2. The molecule has 0 radical (unpaired) electrons. The Morgan fingerprint density at radius 2 is 1.90 bits per heavy atom. The summed E-state index contributed by atoms with van der Waals surface area (Å²) in [7, 11) is -0.171. The summed E-state index contributed by atoms with van der Waals surface area (Å²) in [6, 6.07) is 10.5. The Bertz CT molecular complexity index is 985. The molecule has 6 N–H and O–H groups in total. The van der Waals surface area contributed by atoms with Crippen LogP contribution in [0.1, 0.15) is 72.4 Å². The van der Waals surface area contributed by atoms with Gasteiger partial charge in [-0.25, -0.2) is 15.7 Å². The molecule has 2 heterocycles. The van der Waals surface area contributed by atoms with Gasteiger partial charge < -0.3 is 25.8 Å². The molecule has 0 aliphatic carbocycles. The SMILES string of the molecule is CC(C)(C)OC(=O)C(C)(ON)[C@H]1CCc2cc(C3=CN=C(NCCCN)NC3)ccc2O1.CC[SiH](CC)CC. The Hall–Kier alpha value is -2.40. The van der Waals surface area contributed by atoms with E-state index in [2.05, 4.69) is 42.5 Å². The molecule has 1 aromatic rings. The lowest BCUT2D eigenvalue weighted by Gasteiger charge is -2.38. The fourth-order valence-electron chi connectivity index (χ4n) is 4.48. The van der Waals surface area contributed by atoms with E-state index in [1.165, 1.54) is 18.1 Å². The molecule has 0 spiro atoms. The van der Waals surface area contributed by atoms with Gasteiger partial charge in [-0.05, 0) is 82.3 Å². The molecule has 3 rings (SSSR count). The average Bonchev–Trinajstić information content (AvgIpc) is 2.93. The highest BCUT2D eigenvalue weighted by Crippen LogP contribution is 2.35. The summed E-state index contributed by atoms with van der Waals surface area (Å²) >= 11 is 0. The summed E-state index contributed by atoms with van der Waals surface area (Å²) in [5, 5.41) is 6.52. The van der Waals surface area contributed by atoms with Crippen LogP contribution < -0.4 is 27.0 Å². The number of fused-ring (bicyclic) bond motifs is 1. The molecular formula is C29H51N5O4Si. The van der Waals surface area contributed by atoms with Crippen LogP contribution in [0.15, 0.2) is 29.4 Å². The molecule has 2 aliphatic rings. The van der Waals surface area contributed by atoms with Crippen LogP contribution in [0.2, 0.25) is 18.1 Å². The minimum absolute atomic E-state index is 0.171. The Kier molecular flexibility index (Phi) is 13.0. The maximum absolute atomic E-state index is 12.7. The molecule has 2 atom stereocenters. The number of esters is 1. The normalized spacial score (nSPS) is 18.3. The number of hydrogen-bond acceptors (Lipinski definition) is 9. The Labute approximate surface area is 236 Å². The molecule has 0 amide bonds. The van der Waals surface area contributed by atoms with E-state index in [1.54, 1.807) is 27.7 Å². The first-order valence-corrected chi connectivity index (χ1v) is 16.8. The number of rotatable bonds is 10. The number of hydrogen-bond donors (Lipinski definition) is 4. The standard InChI is InChI=1S/C23H35N5O4.C6H16Si/c1-22(2,3)31-20(29)23(4,32-25)19-9-7-16-12-15(6-8-18(16)30-19)17-13-27-21(28-14-17)26-11-5-10-24;1-4-7(5-2)6-3/h6,8,12-13,19H,5,7,9-11,14,24-25H2,1-4H3,(H2,26,27,28);7H,4-6H2,1-3H3/t19-,23?;/m1./s1. The van der Waals surface area contributed by atoms with Crippen LogP contribution in [0.25, 0.3) is 5.57 Å². The average molecular weight is 562 g/mol. The predicted octanol–water partition coefficient (Wildman–Crippen LogP) is 3.88. The summed E-state index contributed by atoms with van der Waals surface area (Å²) in [6.07, 6.45) is 3.52. The molecule has 0 fully saturated rings. The molecule has 39 heavy (non-hydrogen) atoms. The zero-order valence-electron chi connectivity index (χ0n) is 25.1. The van der Waals surface area contributed by atoms with Gasteiger partial charge in [-0.2, -0.15) is 0 Å². The van der Waals surface area contributed by atoms with E-state index < -0.39 is 23.3 Å². The highest BCUT2D eigenvalue weighted by Gasteiger charge is 2.48. The summed E-state index contributed by atoms with van der Waals surface area (Å²) in [4.78, 5) is 22.3. The van der Waals surface area contributed by atoms with Gasteiger partial charge >= 0.3 is 5.97 Å². The van der Waals surface area contributed by atoms with Crippen LogP contribution in [0.4, 0.5) is 0 Å². The number of aryl methyl sites for hydroxylation is 1. The van der Waals surface area contributed by atoms with Crippen LogP contribution in [0.3, 0.4) is 0 Å². The summed E-state index contributed by atoms with van der Waals surface area (Å²) in [5.41, 5.74) is 6.70. The molecule has 1 aromatic carbocycles. The van der Waals surface area contributed by atoms with Gasteiger partial charge in [0.15, 0.2) is 5.96 Å². The minimum atomic E-state index is -1.40. The van der Waals surface area contributed by atoms with Crippen molar-refractivity contribution in [2.24, 2.45) is 16.6 Å². The van der Waals surface area contributed by atoms with Crippen molar-refractivity contribution in [3.05, 3.63) is 35.5 Å². The minimum Gasteiger partial charge on any atom is -0.486 e. The summed E-state index contributed by atoms with van der Waals surface area (Å²) in [6.45, 7) is 16.1. The van der Waals surface area contributed by atoms with Gasteiger partial charge in [0.2, 0.25) is 5.60 Å². The lowest BCUT2D eigenvalue weighted by atomic mass is 9.89. The summed E-state index contributed by atoms with van der Waals surface area (Å²) < 4.78 is 11.7. The van der Waals surface area contributed by atoms with Gasteiger partial charge in [0.1, 0.15) is 17.5 Å². The number of nitrogens with two attached hydrogens (primary N) is 2. The predicted molar refractivity (Wildman–Crippen MR) is 162 cm³/mol. The number of aliphatic imine (C=N–C) groups is 1. The van der Waals surface area contributed by atoms with Gasteiger partial charge in [-0.15, -0.1) is 0 Å². The number of guanidine groups is 1. The molecule has 0 bridgehead atoms. The molecule has 0 saturated heterocycles. The molecule has 220 valence electrons. The zero-order valence-corrected chi connectivity index (χ0v) is 26.2. The van der Waals surface area contributed by atoms with E-state index in [9.17, 15) is 4.79 Å². The first kappa shape index (κ1) is 32.8. The Balaban J connectivity index is 0.000000673. The van der Waals surface area contributed by atoms with Crippen molar-refractivity contribution >= 4 is 26.3 Å². The second-order valence-electron chi connectivity index (χ2n) is 11.3. The fourth-order valence-corrected chi connectivity index (χ4v) is 6.22. The van der Waals surface area contributed by atoms with Gasteiger partial charge in [0, 0.05) is 28.1 Å². The van der Waals surface area contributed by atoms with Gasteiger partial charge in [0.05, 0.1) is 0 Å². The van der Waals surface area contributed by atoms with Crippen LogP contribution in [-0.2, 0) is 20.8 Å². The highest BCUT2D eigenvalue weighted by atomic mass is 28.3. The number of benzene rings is 1. The third-order valence-corrected chi connectivity index (χ3v) is 10.7. The third kappa shape index (κ3) is 9.63. The van der Waals surface area contributed by atoms with Crippen molar-refractivity contribution in [2.45, 2.75) is 103 Å². The second-order valence-corrected chi connectivity index (χ2v) is 15.5. The van der Waals surface area contributed by atoms with E-state index in [0.717, 1.165) is 42.0 Å². The second kappa shape index (κ2) is 15.4.